The number of phenols is 1. The first kappa shape index (κ1) is 25.4. The molecule has 0 aliphatic heterocycles. The first-order chi connectivity index (χ1) is 14.0. The molecule has 2 amide bonds. The van der Waals surface area contributed by atoms with E-state index >= 15 is 0 Å². The van der Waals surface area contributed by atoms with Crippen molar-refractivity contribution in [2.75, 3.05) is 14.2 Å². The summed E-state index contributed by atoms with van der Waals surface area (Å²) < 4.78 is 4.80. The number of amides is 2. The van der Waals surface area contributed by atoms with Crippen LogP contribution in [0.5, 0.6) is 5.75 Å². The lowest BCUT2D eigenvalue weighted by atomic mass is 9.96. The van der Waals surface area contributed by atoms with Gasteiger partial charge in [-0.2, -0.15) is 0 Å². The lowest BCUT2D eigenvalue weighted by Crippen LogP contribution is -2.57. The molecule has 1 rings (SSSR count). The zero-order chi connectivity index (χ0) is 23.0. The van der Waals surface area contributed by atoms with Crippen molar-refractivity contribution >= 4 is 17.8 Å². The highest BCUT2D eigenvalue weighted by atomic mass is 16.5. The van der Waals surface area contributed by atoms with E-state index < -0.39 is 30.0 Å². The second-order valence-corrected chi connectivity index (χ2v) is 8.00. The number of carbonyl (C=O) groups is 3. The maximum Gasteiger partial charge on any atom is 0.328 e. The van der Waals surface area contributed by atoms with Crippen molar-refractivity contribution in [2.24, 2.45) is 17.6 Å². The molecule has 4 atom stereocenters. The third-order valence-electron chi connectivity index (χ3n) is 5.44. The molecule has 4 N–H and O–H groups in total. The molecule has 0 radical (unpaired) electrons. The summed E-state index contributed by atoms with van der Waals surface area (Å²) in [5.41, 5.74) is 6.87. The summed E-state index contributed by atoms with van der Waals surface area (Å²) in [6, 6.07) is 3.94. The first-order valence-corrected chi connectivity index (χ1v) is 10.2. The van der Waals surface area contributed by atoms with Crippen LogP contribution >= 0.6 is 0 Å². The van der Waals surface area contributed by atoms with Gasteiger partial charge < -0.3 is 25.8 Å². The molecule has 0 heterocycles. The van der Waals surface area contributed by atoms with E-state index in [-0.39, 0.29) is 29.9 Å². The zero-order valence-corrected chi connectivity index (χ0v) is 18.7. The van der Waals surface area contributed by atoms with Crippen molar-refractivity contribution in [1.29, 1.82) is 0 Å². The number of phenolic OH excluding ortho intramolecular Hbond substituents is 1. The molecule has 0 saturated heterocycles. The number of nitrogens with two attached hydrogens (primary N) is 1. The monoisotopic (exact) mass is 421 g/mol. The Balaban J connectivity index is 3.18. The molecule has 0 aliphatic carbocycles. The van der Waals surface area contributed by atoms with Gasteiger partial charge in [0, 0.05) is 13.5 Å². The predicted octanol–water partition coefficient (Wildman–Crippen LogP) is 1.45. The van der Waals surface area contributed by atoms with Gasteiger partial charge >= 0.3 is 5.97 Å². The largest absolute Gasteiger partial charge is 0.508 e. The Labute approximate surface area is 178 Å². The van der Waals surface area contributed by atoms with E-state index in [0.717, 1.165) is 12.0 Å². The second kappa shape index (κ2) is 11.5. The number of esters is 1. The maximum atomic E-state index is 13.2. The molecular formula is C22H35N3O5. The summed E-state index contributed by atoms with van der Waals surface area (Å²) >= 11 is 0. The Morgan fingerprint density at radius 3 is 2.20 bits per heavy atom. The number of carbonyl (C=O) groups excluding carboxylic acids is 3. The van der Waals surface area contributed by atoms with Crippen molar-refractivity contribution in [3.8, 4) is 5.75 Å². The molecule has 4 unspecified atom stereocenters. The third kappa shape index (κ3) is 6.73. The average Bonchev–Trinajstić information content (AvgIpc) is 2.73. The lowest BCUT2D eigenvalue weighted by molar-refractivity contribution is -0.148. The van der Waals surface area contributed by atoms with E-state index in [1.165, 1.54) is 31.2 Å². The molecule has 8 nitrogen and oxygen atoms in total. The van der Waals surface area contributed by atoms with Crippen LogP contribution in [0.15, 0.2) is 24.3 Å². The van der Waals surface area contributed by atoms with E-state index in [9.17, 15) is 19.5 Å². The van der Waals surface area contributed by atoms with E-state index in [0.29, 0.717) is 0 Å². The van der Waals surface area contributed by atoms with Gasteiger partial charge in [0.1, 0.15) is 17.8 Å². The normalized spacial score (nSPS) is 15.1. The molecular weight excluding hydrogens is 386 g/mol. The number of hydrogen-bond donors (Lipinski definition) is 3. The molecule has 0 aromatic heterocycles. The van der Waals surface area contributed by atoms with Crippen molar-refractivity contribution in [2.45, 2.75) is 58.7 Å². The number of rotatable bonds is 10. The fourth-order valence-electron chi connectivity index (χ4n) is 3.02. The number of nitrogens with zero attached hydrogens (tertiary/aromatic N) is 1. The van der Waals surface area contributed by atoms with Crippen molar-refractivity contribution in [3.05, 3.63) is 29.8 Å². The number of hydrogen-bond acceptors (Lipinski definition) is 6. The Morgan fingerprint density at radius 1 is 1.17 bits per heavy atom. The number of nitrogens with one attached hydrogen (secondary N) is 1. The van der Waals surface area contributed by atoms with Gasteiger partial charge in [-0.25, -0.2) is 4.79 Å². The van der Waals surface area contributed by atoms with E-state index in [1.807, 2.05) is 13.8 Å². The summed E-state index contributed by atoms with van der Waals surface area (Å²) in [6.07, 6.45) is 0.931. The zero-order valence-electron chi connectivity index (χ0n) is 18.7. The predicted molar refractivity (Wildman–Crippen MR) is 115 cm³/mol. The highest BCUT2D eigenvalue weighted by molar-refractivity contribution is 5.92. The lowest BCUT2D eigenvalue weighted by Gasteiger charge is -2.32. The summed E-state index contributed by atoms with van der Waals surface area (Å²) in [6.45, 7) is 7.43. The fraction of sp³-hybridized carbons (Fsp3) is 0.591. The van der Waals surface area contributed by atoms with Crippen LogP contribution in [-0.2, 0) is 25.5 Å². The van der Waals surface area contributed by atoms with Crippen molar-refractivity contribution in [1.82, 2.24) is 10.2 Å². The summed E-state index contributed by atoms with van der Waals surface area (Å²) in [5, 5.41) is 12.2. The van der Waals surface area contributed by atoms with Gasteiger partial charge in [-0.1, -0.05) is 46.2 Å². The van der Waals surface area contributed by atoms with Crippen LogP contribution in [0.2, 0.25) is 0 Å². The topological polar surface area (TPSA) is 122 Å². The van der Waals surface area contributed by atoms with Crippen LogP contribution < -0.4 is 11.1 Å². The third-order valence-corrected chi connectivity index (χ3v) is 5.44. The minimum Gasteiger partial charge on any atom is -0.508 e. The molecule has 0 saturated carbocycles. The van der Waals surface area contributed by atoms with Crippen LogP contribution in [0.3, 0.4) is 0 Å². The average molecular weight is 422 g/mol. The molecule has 1 aromatic carbocycles. The summed E-state index contributed by atoms with van der Waals surface area (Å²) in [5.74, 6) is -1.50. The Kier molecular flexibility index (Phi) is 9.78. The quantitative estimate of drug-likeness (QED) is 0.492. The number of likely N-dealkylation sites (N-methyl/N-ethyl adjacent to an activating group) is 1. The molecule has 168 valence electrons. The molecule has 0 fully saturated rings. The fourth-order valence-corrected chi connectivity index (χ4v) is 3.02. The van der Waals surface area contributed by atoms with Gasteiger partial charge in [-0.3, -0.25) is 9.59 Å². The van der Waals surface area contributed by atoms with Gasteiger partial charge in [-0.05, 0) is 29.5 Å². The highest BCUT2D eigenvalue weighted by Crippen LogP contribution is 2.16. The molecule has 8 heteroatoms. The minimum absolute atomic E-state index is 0.0455. The molecule has 1 aromatic rings. The van der Waals surface area contributed by atoms with Gasteiger partial charge in [0.2, 0.25) is 11.8 Å². The van der Waals surface area contributed by atoms with E-state index in [4.69, 9.17) is 10.5 Å². The maximum absolute atomic E-state index is 13.2. The molecule has 0 spiro atoms. The van der Waals surface area contributed by atoms with Crippen LogP contribution in [0.4, 0.5) is 0 Å². The van der Waals surface area contributed by atoms with E-state index in [2.05, 4.69) is 5.32 Å². The van der Waals surface area contributed by atoms with Crippen LogP contribution in [-0.4, -0.2) is 60.1 Å². The molecule has 0 aliphatic rings. The smallest absolute Gasteiger partial charge is 0.328 e. The molecule has 0 bridgehead atoms. The Morgan fingerprint density at radius 2 is 1.73 bits per heavy atom. The number of aromatic hydroxyl groups is 1. The van der Waals surface area contributed by atoms with Crippen LogP contribution in [0.25, 0.3) is 0 Å². The van der Waals surface area contributed by atoms with Crippen molar-refractivity contribution < 1.29 is 24.2 Å². The number of benzene rings is 1. The molecule has 30 heavy (non-hydrogen) atoms. The Bertz CT molecular complexity index is 720. The Hall–Kier alpha value is -2.61. The minimum atomic E-state index is -0.886. The van der Waals surface area contributed by atoms with Gasteiger partial charge in [0.15, 0.2) is 0 Å². The van der Waals surface area contributed by atoms with Crippen molar-refractivity contribution in [3.63, 3.8) is 0 Å². The van der Waals surface area contributed by atoms with Crippen LogP contribution in [0.1, 0.15) is 39.7 Å². The second-order valence-electron chi connectivity index (χ2n) is 8.00. The highest BCUT2D eigenvalue weighted by Gasteiger charge is 2.34. The van der Waals surface area contributed by atoms with Gasteiger partial charge in [0.25, 0.3) is 0 Å². The standard InChI is InChI=1S/C22H35N3O5/c1-7-14(4)18(23)21(28)25(5)17(12-15-8-10-16(26)11-9-15)20(27)24-19(13(2)3)22(29)30-6/h8-11,13-14,17-19,26H,7,12,23H2,1-6H3,(H,24,27). The SMILES string of the molecule is CCC(C)C(N)C(=O)N(C)C(Cc1ccc(O)cc1)C(=O)NC(C(=O)OC)C(C)C. The van der Waals surface area contributed by atoms with E-state index in [1.54, 1.807) is 26.0 Å². The number of ether oxygens (including phenoxy) is 1. The van der Waals surface area contributed by atoms with Gasteiger partial charge in [0.05, 0.1) is 13.2 Å². The number of methoxy groups -OCH3 is 1. The summed E-state index contributed by atoms with van der Waals surface area (Å²) in [7, 11) is 2.80. The van der Waals surface area contributed by atoms with Crippen LogP contribution in [0, 0.1) is 11.8 Å². The first-order valence-electron chi connectivity index (χ1n) is 10.2. The van der Waals surface area contributed by atoms with Gasteiger partial charge in [-0.15, -0.1) is 0 Å². The summed E-state index contributed by atoms with van der Waals surface area (Å²) in [4.78, 5) is 39.5.